The number of benzene rings is 2. The fourth-order valence-electron chi connectivity index (χ4n) is 1.81. The van der Waals surface area contributed by atoms with E-state index in [1.165, 1.54) is 10.9 Å². The highest BCUT2D eigenvalue weighted by atomic mass is 31.0. The minimum absolute atomic E-state index is 0.573. The number of ether oxygens (including phenoxy) is 2. The maximum Gasteiger partial charge on any atom is 0.144 e. The first kappa shape index (κ1) is 14.1. The van der Waals surface area contributed by atoms with Gasteiger partial charge in [-0.05, 0) is 22.4 Å². The Morgan fingerprint density at radius 1 is 1.00 bits per heavy atom. The summed E-state index contributed by atoms with van der Waals surface area (Å²) in [6.07, 6.45) is 0. The van der Waals surface area contributed by atoms with Crippen molar-refractivity contribution in [3.05, 3.63) is 54.1 Å². The Labute approximate surface area is 117 Å². The summed E-state index contributed by atoms with van der Waals surface area (Å²) in [6, 6.07) is 16.3. The second-order valence-corrected chi connectivity index (χ2v) is 5.08. The fraction of sp³-hybridized carbons (Fsp3) is 0.200. The molecule has 0 amide bonds. The molecule has 0 saturated heterocycles. The molecule has 0 fully saturated rings. The van der Waals surface area contributed by atoms with Gasteiger partial charge in [-0.25, -0.2) is 0 Å². The van der Waals surface area contributed by atoms with Gasteiger partial charge < -0.3 is 9.47 Å². The molecule has 0 radical (unpaired) electrons. The van der Waals surface area contributed by atoms with E-state index in [-0.39, 0.29) is 0 Å². The van der Waals surface area contributed by atoms with E-state index in [4.69, 9.17) is 9.47 Å². The molecule has 4 heteroatoms. The van der Waals surface area contributed by atoms with Crippen LogP contribution < -0.4 is 15.5 Å². The third kappa shape index (κ3) is 4.70. The van der Waals surface area contributed by atoms with E-state index >= 15 is 0 Å². The molecule has 0 bridgehead atoms. The zero-order chi connectivity index (χ0) is 13.5. The Kier molecular flexibility index (Phi) is 5.44. The Balaban J connectivity index is 1.69. The summed E-state index contributed by atoms with van der Waals surface area (Å²) in [5.41, 5.74) is 2.33. The van der Waals surface area contributed by atoms with E-state index in [0.717, 1.165) is 11.2 Å². The summed E-state index contributed by atoms with van der Waals surface area (Å²) in [7, 11) is 4.73. The Hall–Kier alpha value is -1.31. The predicted molar refractivity (Wildman–Crippen MR) is 85.6 cm³/mol. The van der Waals surface area contributed by atoms with E-state index < -0.39 is 0 Å². The molecule has 0 spiro atoms. The van der Waals surface area contributed by atoms with Gasteiger partial charge in [-0.2, -0.15) is 0 Å². The van der Waals surface area contributed by atoms with Crippen molar-refractivity contribution in [2.75, 3.05) is 13.2 Å². The number of hydrogen-bond donors (Lipinski definition) is 0. The first-order chi connectivity index (χ1) is 9.25. The van der Waals surface area contributed by atoms with Crippen molar-refractivity contribution in [2.45, 2.75) is 6.61 Å². The first-order valence-corrected chi connectivity index (χ1v) is 6.94. The van der Waals surface area contributed by atoms with Crippen LogP contribution in [0.2, 0.25) is 0 Å². The van der Waals surface area contributed by atoms with Gasteiger partial charge >= 0.3 is 0 Å². The van der Waals surface area contributed by atoms with Crippen LogP contribution in [0.15, 0.2) is 48.5 Å². The highest BCUT2D eigenvalue weighted by molar-refractivity contribution is 7.27. The van der Waals surface area contributed by atoms with Crippen LogP contribution in [0, 0.1) is 0 Å². The van der Waals surface area contributed by atoms with Gasteiger partial charge in [0.05, 0.1) is 13.2 Å². The first-order valence-electron chi connectivity index (χ1n) is 6.36. The molecule has 2 nitrogen and oxygen atoms in total. The second-order valence-electron chi connectivity index (χ2n) is 4.41. The van der Waals surface area contributed by atoms with E-state index in [0.29, 0.717) is 19.8 Å². The van der Waals surface area contributed by atoms with E-state index in [1.54, 1.807) is 0 Å². The van der Waals surface area contributed by atoms with Gasteiger partial charge in [0.25, 0.3) is 0 Å². The van der Waals surface area contributed by atoms with Crippen LogP contribution in [-0.2, 0) is 11.3 Å². The molecule has 2 rings (SSSR count). The lowest BCUT2D eigenvalue weighted by Crippen LogP contribution is -2.15. The van der Waals surface area contributed by atoms with Crippen molar-refractivity contribution in [3.8, 4) is 5.75 Å². The van der Waals surface area contributed by atoms with Gasteiger partial charge in [-0.3, -0.25) is 0 Å². The van der Waals surface area contributed by atoms with Crippen LogP contribution in [0.4, 0.5) is 0 Å². The molecule has 0 N–H and O–H groups in total. The summed E-state index contributed by atoms with van der Waals surface area (Å²) in [5.74, 6) is 0.925. The average Bonchev–Trinajstić information content (AvgIpc) is 2.42. The SMILES string of the molecule is Bc1cc(P)ccc1OCCOCc1ccccc1. The normalized spacial score (nSPS) is 10.4. The molecule has 2 aromatic rings. The molecule has 0 heterocycles. The Morgan fingerprint density at radius 2 is 1.79 bits per heavy atom. The average molecular weight is 272 g/mol. The quantitative estimate of drug-likeness (QED) is 0.444. The molecule has 1 unspecified atom stereocenters. The summed E-state index contributed by atoms with van der Waals surface area (Å²) >= 11 is 0. The van der Waals surface area contributed by atoms with Gasteiger partial charge in [0.2, 0.25) is 0 Å². The van der Waals surface area contributed by atoms with Crippen LogP contribution in [0.5, 0.6) is 5.75 Å². The lowest BCUT2D eigenvalue weighted by atomic mass is 9.95. The van der Waals surface area contributed by atoms with Crippen molar-refractivity contribution in [1.82, 2.24) is 0 Å². The molecule has 98 valence electrons. The number of rotatable bonds is 6. The summed E-state index contributed by atoms with van der Waals surface area (Å²) < 4.78 is 11.3. The topological polar surface area (TPSA) is 18.5 Å². The van der Waals surface area contributed by atoms with E-state index in [1.807, 2.05) is 38.2 Å². The van der Waals surface area contributed by atoms with Crippen molar-refractivity contribution in [3.63, 3.8) is 0 Å². The van der Waals surface area contributed by atoms with Crippen molar-refractivity contribution in [2.24, 2.45) is 0 Å². The van der Waals surface area contributed by atoms with Gasteiger partial charge in [0, 0.05) is 0 Å². The number of hydrogen-bond acceptors (Lipinski definition) is 2. The van der Waals surface area contributed by atoms with Crippen LogP contribution in [-0.4, -0.2) is 21.1 Å². The molecule has 0 aliphatic carbocycles. The lowest BCUT2D eigenvalue weighted by Gasteiger charge is -2.10. The van der Waals surface area contributed by atoms with Crippen molar-refractivity contribution in [1.29, 1.82) is 0 Å². The highest BCUT2D eigenvalue weighted by Crippen LogP contribution is 2.05. The van der Waals surface area contributed by atoms with Gasteiger partial charge in [-0.15, -0.1) is 9.24 Å². The summed E-state index contributed by atoms with van der Waals surface area (Å²) in [6.45, 7) is 1.80. The molecular formula is C15H18BO2P. The largest absolute Gasteiger partial charge is 0.492 e. The summed E-state index contributed by atoms with van der Waals surface area (Å²) in [5, 5.41) is 1.17. The Bertz CT molecular complexity index is 517. The van der Waals surface area contributed by atoms with Crippen LogP contribution >= 0.6 is 9.24 Å². The maximum absolute atomic E-state index is 5.70. The van der Waals surface area contributed by atoms with E-state index in [9.17, 15) is 0 Å². The molecule has 0 saturated carbocycles. The van der Waals surface area contributed by atoms with Crippen LogP contribution in [0.3, 0.4) is 0 Å². The highest BCUT2D eigenvalue weighted by Gasteiger charge is 1.99. The molecular weight excluding hydrogens is 254 g/mol. The minimum Gasteiger partial charge on any atom is -0.492 e. The zero-order valence-corrected chi connectivity index (χ0v) is 12.3. The van der Waals surface area contributed by atoms with Gasteiger partial charge in [0.1, 0.15) is 20.2 Å². The molecule has 19 heavy (non-hydrogen) atoms. The molecule has 0 aliphatic heterocycles. The van der Waals surface area contributed by atoms with Crippen molar-refractivity contribution >= 4 is 27.9 Å². The van der Waals surface area contributed by atoms with Crippen molar-refractivity contribution < 1.29 is 9.47 Å². The second kappa shape index (κ2) is 7.32. The minimum atomic E-state index is 0.573. The predicted octanol–water partition coefficient (Wildman–Crippen LogP) is 1.04. The van der Waals surface area contributed by atoms with Crippen LogP contribution in [0.25, 0.3) is 0 Å². The maximum atomic E-state index is 5.70. The third-order valence-electron chi connectivity index (χ3n) is 2.80. The smallest absolute Gasteiger partial charge is 0.144 e. The molecule has 0 aliphatic rings. The fourth-order valence-corrected chi connectivity index (χ4v) is 2.16. The van der Waals surface area contributed by atoms with E-state index in [2.05, 4.69) is 27.4 Å². The molecule has 0 aromatic heterocycles. The third-order valence-corrected chi connectivity index (χ3v) is 3.15. The van der Waals surface area contributed by atoms with Gasteiger partial charge in [-0.1, -0.05) is 42.5 Å². The Morgan fingerprint density at radius 3 is 2.53 bits per heavy atom. The van der Waals surface area contributed by atoms with Gasteiger partial charge in [0.15, 0.2) is 0 Å². The lowest BCUT2D eigenvalue weighted by molar-refractivity contribution is 0.0892. The molecule has 1 atom stereocenters. The monoisotopic (exact) mass is 272 g/mol. The summed E-state index contributed by atoms with van der Waals surface area (Å²) in [4.78, 5) is 0. The zero-order valence-electron chi connectivity index (χ0n) is 11.1. The standard InChI is InChI=1S/C15H18BO2P/c16-14-10-13(19)6-7-15(14)18-9-8-17-11-12-4-2-1-3-5-12/h1-7,10H,8-9,11,16,19H2. The van der Waals surface area contributed by atoms with Crippen LogP contribution in [0.1, 0.15) is 5.56 Å². The molecule has 2 aromatic carbocycles.